The van der Waals surface area contributed by atoms with E-state index in [9.17, 15) is 10.1 Å². The molecule has 2 aromatic rings. The number of carbonyl (C=O) groups is 1. The molecular weight excluding hydrogens is 726 g/mol. The number of ether oxygens (including phenoxy) is 2. The highest BCUT2D eigenvalue weighted by Crippen LogP contribution is 2.66. The van der Waals surface area contributed by atoms with E-state index >= 15 is 0 Å². The van der Waals surface area contributed by atoms with Crippen LogP contribution in [0.4, 0.5) is 0 Å². The maximum Gasteiger partial charge on any atom is 0.311 e. The van der Waals surface area contributed by atoms with Crippen LogP contribution in [0.15, 0.2) is 53.0 Å². The smallest absolute Gasteiger partial charge is 0.311 e. The molecule has 4 nitrogen and oxygen atoms in total. The van der Waals surface area contributed by atoms with Gasteiger partial charge in [0.2, 0.25) is 6.10 Å². The first-order valence-electron chi connectivity index (χ1n) is 9.29. The number of hydrogen-bond donors (Lipinski definition) is 0. The van der Waals surface area contributed by atoms with Gasteiger partial charge in [0, 0.05) is 10.0 Å². The zero-order chi connectivity index (χ0) is 23.0. The third-order valence-corrected chi connectivity index (χ3v) is 10.5. The fourth-order valence-corrected chi connectivity index (χ4v) is 5.72. The molecule has 0 amide bonds. The first-order valence-corrected chi connectivity index (χ1v) is 13.4. The lowest BCUT2D eigenvalue weighted by atomic mass is 10.1. The standard InChI is InChI=1S/C22H18Br5NO3/c1-21(2)17(19(24)22(25,26)27)18(21)20(29)31-16(11-28)12-4-3-5-15(10-12)30-14-8-6-13(23)7-9-14/h3-10,16-19H,1-2H3. The fourth-order valence-electron chi connectivity index (χ4n) is 3.62. The highest BCUT2D eigenvalue weighted by molar-refractivity contribution is 9.40. The minimum absolute atomic E-state index is 0.0181. The molecule has 1 fully saturated rings. The second-order valence-electron chi connectivity index (χ2n) is 7.84. The largest absolute Gasteiger partial charge is 0.457 e. The second kappa shape index (κ2) is 9.84. The molecular formula is C22H18Br5NO3. The van der Waals surface area contributed by atoms with Crippen molar-refractivity contribution in [2.75, 3.05) is 0 Å². The molecule has 1 aliphatic carbocycles. The quantitative estimate of drug-likeness (QED) is 0.221. The lowest BCUT2D eigenvalue weighted by Gasteiger charge is -2.21. The summed E-state index contributed by atoms with van der Waals surface area (Å²) in [5, 5.41) is 9.67. The Morgan fingerprint density at radius 1 is 1.13 bits per heavy atom. The Morgan fingerprint density at radius 3 is 2.35 bits per heavy atom. The summed E-state index contributed by atoms with van der Waals surface area (Å²) >= 11 is 17.6. The van der Waals surface area contributed by atoms with Crippen LogP contribution in [0.3, 0.4) is 0 Å². The van der Waals surface area contributed by atoms with Crippen LogP contribution in [0, 0.1) is 28.6 Å². The van der Waals surface area contributed by atoms with E-state index in [0.717, 1.165) is 4.47 Å². The SMILES string of the molecule is CC1(C)C(C(=O)OC(C#N)c2cccc(Oc3ccc(Br)cc3)c2)C1C(Br)C(Br)(Br)Br. The molecule has 2 aromatic carbocycles. The van der Waals surface area contributed by atoms with Crippen LogP contribution in [0.2, 0.25) is 0 Å². The Morgan fingerprint density at radius 2 is 1.77 bits per heavy atom. The van der Waals surface area contributed by atoms with Crippen LogP contribution in [-0.4, -0.2) is 12.9 Å². The minimum atomic E-state index is -1.02. The summed E-state index contributed by atoms with van der Waals surface area (Å²) in [5.74, 6) is 0.525. The molecule has 0 saturated heterocycles. The van der Waals surface area contributed by atoms with E-state index in [2.05, 4.69) is 85.7 Å². The Bertz CT molecular complexity index is 997. The summed E-state index contributed by atoms with van der Waals surface area (Å²) in [6, 6.07) is 16.5. The predicted octanol–water partition coefficient (Wildman–Crippen LogP) is 8.22. The zero-order valence-corrected chi connectivity index (χ0v) is 24.4. The first-order chi connectivity index (χ1) is 14.4. The van der Waals surface area contributed by atoms with Crippen molar-refractivity contribution in [1.82, 2.24) is 0 Å². The molecule has 0 heterocycles. The van der Waals surface area contributed by atoms with Crippen LogP contribution < -0.4 is 4.74 Å². The number of nitrogens with zero attached hydrogens (tertiary/aromatic N) is 1. The van der Waals surface area contributed by atoms with Crippen molar-refractivity contribution in [3.63, 3.8) is 0 Å². The molecule has 164 valence electrons. The van der Waals surface area contributed by atoms with Crippen molar-refractivity contribution < 1.29 is 14.3 Å². The first kappa shape index (κ1) is 25.2. The minimum Gasteiger partial charge on any atom is -0.457 e. The molecule has 0 aliphatic heterocycles. The van der Waals surface area contributed by atoms with Gasteiger partial charge in [-0.25, -0.2) is 0 Å². The van der Waals surface area contributed by atoms with E-state index in [1.807, 2.05) is 38.1 Å². The number of hydrogen-bond acceptors (Lipinski definition) is 4. The summed E-state index contributed by atoms with van der Waals surface area (Å²) < 4.78 is 11.9. The number of rotatable bonds is 6. The van der Waals surface area contributed by atoms with Crippen LogP contribution in [0.1, 0.15) is 25.5 Å². The summed E-state index contributed by atoms with van der Waals surface area (Å²) in [5.41, 5.74) is 0.296. The third kappa shape index (κ3) is 5.94. The van der Waals surface area contributed by atoms with Crippen molar-refractivity contribution in [1.29, 1.82) is 5.26 Å². The Kier molecular flexibility index (Phi) is 8.01. The Hall–Kier alpha value is -0.400. The maximum atomic E-state index is 12.9. The van der Waals surface area contributed by atoms with Crippen molar-refractivity contribution in [2.45, 2.75) is 26.9 Å². The lowest BCUT2D eigenvalue weighted by molar-refractivity contribution is -0.149. The molecule has 1 saturated carbocycles. The number of carbonyl (C=O) groups excluding carboxylic acids is 1. The van der Waals surface area contributed by atoms with Crippen molar-refractivity contribution in [2.24, 2.45) is 17.3 Å². The predicted molar refractivity (Wildman–Crippen MR) is 138 cm³/mol. The van der Waals surface area contributed by atoms with Crippen LogP contribution in [-0.2, 0) is 9.53 Å². The Labute approximate surface area is 223 Å². The van der Waals surface area contributed by atoms with Gasteiger partial charge < -0.3 is 9.47 Å². The zero-order valence-electron chi connectivity index (χ0n) is 16.5. The highest BCUT2D eigenvalue weighted by Gasteiger charge is 2.67. The number of benzene rings is 2. The molecule has 4 unspecified atom stereocenters. The normalized spacial score (nSPS) is 21.5. The van der Waals surface area contributed by atoms with Gasteiger partial charge in [0.15, 0.2) is 0 Å². The summed E-state index contributed by atoms with van der Waals surface area (Å²) in [6.07, 6.45) is -1.02. The highest BCUT2D eigenvalue weighted by atomic mass is 80.0. The van der Waals surface area contributed by atoms with Crippen LogP contribution >= 0.6 is 79.6 Å². The fraction of sp³-hybridized carbons (Fsp3) is 0.364. The monoisotopic (exact) mass is 739 g/mol. The van der Waals surface area contributed by atoms with Gasteiger partial charge in [0.25, 0.3) is 0 Å². The molecule has 31 heavy (non-hydrogen) atoms. The van der Waals surface area contributed by atoms with E-state index in [1.165, 1.54) is 0 Å². The van der Waals surface area contributed by atoms with Gasteiger partial charge in [0.1, 0.15) is 19.7 Å². The third-order valence-electron chi connectivity index (χ3n) is 5.35. The second-order valence-corrected chi connectivity index (χ2v) is 16.7. The lowest BCUT2D eigenvalue weighted by Crippen LogP contribution is -2.23. The molecule has 3 rings (SSSR count). The molecule has 0 radical (unpaired) electrons. The average molecular weight is 744 g/mol. The number of esters is 1. The van der Waals surface area contributed by atoms with E-state index in [4.69, 9.17) is 9.47 Å². The maximum absolute atomic E-state index is 12.9. The molecule has 4 atom stereocenters. The summed E-state index contributed by atoms with van der Waals surface area (Å²) in [4.78, 5) is 12.9. The number of alkyl halides is 4. The molecule has 9 heteroatoms. The van der Waals surface area contributed by atoms with Gasteiger partial charge in [-0.2, -0.15) is 5.26 Å². The van der Waals surface area contributed by atoms with Gasteiger partial charge in [-0.15, -0.1) is 0 Å². The van der Waals surface area contributed by atoms with E-state index in [0.29, 0.717) is 17.1 Å². The Balaban J connectivity index is 1.72. The van der Waals surface area contributed by atoms with Gasteiger partial charge >= 0.3 is 5.97 Å². The van der Waals surface area contributed by atoms with Crippen molar-refractivity contribution in [3.05, 3.63) is 58.6 Å². The number of halogens is 5. The number of nitriles is 1. The molecule has 0 spiro atoms. The average Bonchev–Trinajstić information content (AvgIpc) is 3.28. The molecule has 1 aliphatic rings. The topological polar surface area (TPSA) is 59.3 Å². The van der Waals surface area contributed by atoms with Gasteiger partial charge in [-0.3, -0.25) is 4.79 Å². The van der Waals surface area contributed by atoms with Crippen LogP contribution in [0.5, 0.6) is 11.5 Å². The van der Waals surface area contributed by atoms with Crippen molar-refractivity contribution >= 4 is 85.6 Å². The molecule has 0 aromatic heterocycles. The van der Waals surface area contributed by atoms with Crippen molar-refractivity contribution in [3.8, 4) is 17.6 Å². The van der Waals surface area contributed by atoms with Gasteiger partial charge in [-0.1, -0.05) is 106 Å². The molecule has 0 bridgehead atoms. The summed E-state index contributed by atoms with van der Waals surface area (Å²) in [7, 11) is 0. The molecule has 0 N–H and O–H groups in total. The van der Waals surface area contributed by atoms with Gasteiger partial charge in [-0.05, 0) is 47.7 Å². The van der Waals surface area contributed by atoms with Crippen LogP contribution in [0.25, 0.3) is 0 Å². The van der Waals surface area contributed by atoms with E-state index in [-0.39, 0.29) is 28.0 Å². The van der Waals surface area contributed by atoms with E-state index < -0.39 is 8.25 Å². The van der Waals surface area contributed by atoms with E-state index in [1.54, 1.807) is 24.3 Å². The van der Waals surface area contributed by atoms with Gasteiger partial charge in [0.05, 0.1) is 10.7 Å². The summed E-state index contributed by atoms with van der Waals surface area (Å²) in [6.45, 7) is 4.04.